The molecular formula is C12H17NOS. The van der Waals surface area contributed by atoms with Crippen LogP contribution in [0.1, 0.15) is 24.5 Å². The van der Waals surface area contributed by atoms with Crippen molar-refractivity contribution < 1.29 is 4.79 Å². The van der Waals surface area contributed by atoms with Crippen LogP contribution >= 0.6 is 11.3 Å². The van der Waals surface area contributed by atoms with E-state index in [9.17, 15) is 4.79 Å². The van der Waals surface area contributed by atoms with Crippen LogP contribution in [0.15, 0.2) is 10.8 Å². The van der Waals surface area contributed by atoms with Gasteiger partial charge in [-0.2, -0.15) is 11.3 Å². The van der Waals surface area contributed by atoms with Gasteiger partial charge in [0, 0.05) is 32.0 Å². The molecule has 1 fully saturated rings. The van der Waals surface area contributed by atoms with Crippen molar-refractivity contribution in [3.8, 4) is 0 Å². The number of carbonyl (C=O) groups is 1. The highest BCUT2D eigenvalue weighted by atomic mass is 32.1. The van der Waals surface area contributed by atoms with E-state index in [2.05, 4.69) is 22.6 Å². The molecule has 1 aliphatic heterocycles. The maximum absolute atomic E-state index is 11.4. The molecule has 1 aromatic rings. The first-order valence-electron chi connectivity index (χ1n) is 5.43. The van der Waals surface area contributed by atoms with Crippen molar-refractivity contribution in [1.82, 2.24) is 4.90 Å². The highest BCUT2D eigenvalue weighted by Crippen LogP contribution is 2.19. The fourth-order valence-electron chi connectivity index (χ4n) is 2.03. The number of Topliss-reactive ketones (excluding diaryl/α,β-unsaturated/α-hetero) is 1. The summed E-state index contributed by atoms with van der Waals surface area (Å²) in [7, 11) is 0. The Labute approximate surface area is 94.9 Å². The predicted molar refractivity (Wildman–Crippen MR) is 63.1 cm³/mol. The van der Waals surface area contributed by atoms with Crippen LogP contribution < -0.4 is 0 Å². The first-order valence-corrected chi connectivity index (χ1v) is 6.38. The summed E-state index contributed by atoms with van der Waals surface area (Å²) in [5.41, 5.74) is 2.80. The van der Waals surface area contributed by atoms with Gasteiger partial charge in [0.15, 0.2) is 0 Å². The molecule has 1 unspecified atom stereocenters. The summed E-state index contributed by atoms with van der Waals surface area (Å²) in [5.74, 6) is 0.644. The predicted octanol–water partition coefficient (Wildman–Crippen LogP) is 2.47. The van der Waals surface area contributed by atoms with Crippen LogP contribution in [0.25, 0.3) is 0 Å². The van der Waals surface area contributed by atoms with Gasteiger partial charge in [-0.3, -0.25) is 9.69 Å². The largest absolute Gasteiger partial charge is 0.299 e. The smallest absolute Gasteiger partial charge is 0.138 e. The lowest BCUT2D eigenvalue weighted by Crippen LogP contribution is -2.39. The van der Waals surface area contributed by atoms with Crippen LogP contribution in [0, 0.1) is 12.8 Å². The topological polar surface area (TPSA) is 20.3 Å². The number of nitrogens with zero attached hydrogens (tertiary/aromatic N) is 1. The number of likely N-dealkylation sites (tertiary alicyclic amines) is 1. The Balaban J connectivity index is 1.96. The molecule has 0 aromatic carbocycles. The molecule has 1 saturated heterocycles. The van der Waals surface area contributed by atoms with Gasteiger partial charge in [-0.25, -0.2) is 0 Å². The Kier molecular flexibility index (Phi) is 3.22. The third-order valence-electron chi connectivity index (χ3n) is 3.11. The summed E-state index contributed by atoms with van der Waals surface area (Å²) in [6.45, 7) is 7.05. The average molecular weight is 223 g/mol. The summed E-state index contributed by atoms with van der Waals surface area (Å²) >= 11 is 1.76. The summed E-state index contributed by atoms with van der Waals surface area (Å²) in [5, 5.41) is 4.41. The van der Waals surface area contributed by atoms with Crippen molar-refractivity contribution in [2.24, 2.45) is 5.92 Å². The molecule has 0 aliphatic carbocycles. The standard InChI is InChI=1S/C12H17NOS/c1-9-5-13(4-3-12(9)14)6-11-8-15-7-10(11)2/h7-9H,3-6H2,1-2H3. The van der Waals surface area contributed by atoms with E-state index in [-0.39, 0.29) is 5.92 Å². The Morgan fingerprint density at radius 2 is 2.33 bits per heavy atom. The van der Waals surface area contributed by atoms with Crippen molar-refractivity contribution in [3.63, 3.8) is 0 Å². The van der Waals surface area contributed by atoms with Gasteiger partial charge in [0.1, 0.15) is 5.78 Å². The normalized spacial score (nSPS) is 23.3. The lowest BCUT2D eigenvalue weighted by atomic mass is 9.98. The molecule has 3 heteroatoms. The Morgan fingerprint density at radius 1 is 1.53 bits per heavy atom. The molecule has 0 radical (unpaired) electrons. The third-order valence-corrected chi connectivity index (χ3v) is 4.02. The quantitative estimate of drug-likeness (QED) is 0.767. The van der Waals surface area contributed by atoms with Crippen molar-refractivity contribution in [2.75, 3.05) is 13.1 Å². The van der Waals surface area contributed by atoms with Crippen LogP contribution in [-0.4, -0.2) is 23.8 Å². The van der Waals surface area contributed by atoms with Gasteiger partial charge < -0.3 is 0 Å². The highest BCUT2D eigenvalue weighted by Gasteiger charge is 2.23. The molecule has 82 valence electrons. The van der Waals surface area contributed by atoms with Gasteiger partial charge >= 0.3 is 0 Å². The van der Waals surface area contributed by atoms with Crippen molar-refractivity contribution >= 4 is 17.1 Å². The van der Waals surface area contributed by atoms with Crippen molar-refractivity contribution in [3.05, 3.63) is 21.9 Å². The molecule has 0 N–H and O–H groups in total. The summed E-state index contributed by atoms with van der Waals surface area (Å²) in [4.78, 5) is 13.8. The summed E-state index contributed by atoms with van der Waals surface area (Å²) < 4.78 is 0. The molecule has 1 aliphatic rings. The van der Waals surface area contributed by atoms with Crippen LogP contribution in [0.5, 0.6) is 0 Å². The van der Waals surface area contributed by atoms with Crippen LogP contribution in [-0.2, 0) is 11.3 Å². The number of rotatable bonds is 2. The van der Waals surface area contributed by atoms with Gasteiger partial charge in [0.2, 0.25) is 0 Å². The molecule has 1 aromatic heterocycles. The lowest BCUT2D eigenvalue weighted by molar-refractivity contribution is -0.125. The van der Waals surface area contributed by atoms with Gasteiger partial charge in [0.25, 0.3) is 0 Å². The number of piperidine rings is 1. The fourth-order valence-corrected chi connectivity index (χ4v) is 2.88. The molecule has 2 nitrogen and oxygen atoms in total. The van der Waals surface area contributed by atoms with E-state index in [1.807, 2.05) is 6.92 Å². The number of aryl methyl sites for hydroxylation is 1. The van der Waals surface area contributed by atoms with Gasteiger partial charge in [-0.15, -0.1) is 0 Å². The second-order valence-corrected chi connectivity index (χ2v) is 5.18. The zero-order chi connectivity index (χ0) is 10.8. The zero-order valence-electron chi connectivity index (χ0n) is 9.32. The third kappa shape index (κ3) is 2.47. The minimum Gasteiger partial charge on any atom is -0.299 e. The first kappa shape index (κ1) is 10.8. The maximum Gasteiger partial charge on any atom is 0.138 e. The molecule has 15 heavy (non-hydrogen) atoms. The number of carbonyl (C=O) groups excluding carboxylic acids is 1. The number of ketones is 1. The first-order chi connectivity index (χ1) is 7.16. The minimum atomic E-state index is 0.220. The van der Waals surface area contributed by atoms with Crippen LogP contribution in [0.4, 0.5) is 0 Å². The van der Waals surface area contributed by atoms with E-state index < -0.39 is 0 Å². The fraction of sp³-hybridized carbons (Fsp3) is 0.583. The molecule has 0 amide bonds. The van der Waals surface area contributed by atoms with Crippen LogP contribution in [0.3, 0.4) is 0 Å². The molecule has 1 atom stereocenters. The van der Waals surface area contributed by atoms with Crippen molar-refractivity contribution in [2.45, 2.75) is 26.8 Å². The number of hydrogen-bond donors (Lipinski definition) is 0. The molecule has 0 saturated carbocycles. The van der Waals surface area contributed by atoms with Crippen LogP contribution in [0.2, 0.25) is 0 Å². The Bertz CT molecular complexity index is 358. The highest BCUT2D eigenvalue weighted by molar-refractivity contribution is 7.08. The second-order valence-electron chi connectivity index (χ2n) is 4.43. The van der Waals surface area contributed by atoms with E-state index in [1.54, 1.807) is 11.3 Å². The molecular weight excluding hydrogens is 206 g/mol. The number of hydrogen-bond acceptors (Lipinski definition) is 3. The molecule has 0 spiro atoms. The second kappa shape index (κ2) is 4.45. The molecule has 2 heterocycles. The van der Waals surface area contributed by atoms with E-state index in [0.717, 1.165) is 26.1 Å². The molecule has 0 bridgehead atoms. The molecule has 2 rings (SSSR count). The minimum absolute atomic E-state index is 0.220. The lowest BCUT2D eigenvalue weighted by Gasteiger charge is -2.29. The zero-order valence-corrected chi connectivity index (χ0v) is 10.1. The van der Waals surface area contributed by atoms with E-state index in [0.29, 0.717) is 5.78 Å². The monoisotopic (exact) mass is 223 g/mol. The maximum atomic E-state index is 11.4. The van der Waals surface area contributed by atoms with Gasteiger partial charge in [-0.05, 0) is 28.8 Å². The summed E-state index contributed by atoms with van der Waals surface area (Å²) in [6, 6.07) is 0. The Hall–Kier alpha value is -0.670. The Morgan fingerprint density at radius 3 is 2.93 bits per heavy atom. The van der Waals surface area contributed by atoms with E-state index in [4.69, 9.17) is 0 Å². The van der Waals surface area contributed by atoms with Gasteiger partial charge in [-0.1, -0.05) is 6.92 Å². The summed E-state index contributed by atoms with van der Waals surface area (Å²) in [6.07, 6.45) is 0.727. The SMILES string of the molecule is Cc1cscc1CN1CCC(=O)C(C)C1. The van der Waals surface area contributed by atoms with E-state index >= 15 is 0 Å². The average Bonchev–Trinajstić information content (AvgIpc) is 2.59. The van der Waals surface area contributed by atoms with Crippen molar-refractivity contribution in [1.29, 1.82) is 0 Å². The van der Waals surface area contributed by atoms with Gasteiger partial charge in [0.05, 0.1) is 0 Å². The van der Waals surface area contributed by atoms with E-state index in [1.165, 1.54) is 11.1 Å². The number of thiophene rings is 1.